The second-order valence-corrected chi connectivity index (χ2v) is 8.79. The lowest BCUT2D eigenvalue weighted by atomic mass is 10.1. The SMILES string of the molecule is CC(C)CCNc1ncccc1C(=N)N1CCN(CCCc2ccccc2)C[C@H]1C. The average molecular weight is 408 g/mol. The minimum atomic E-state index is 0.326. The quantitative estimate of drug-likeness (QED) is 0.475. The highest BCUT2D eigenvalue weighted by Crippen LogP contribution is 2.19. The Morgan fingerprint density at radius 1 is 1.17 bits per heavy atom. The van der Waals surface area contributed by atoms with Gasteiger partial charge in [-0.15, -0.1) is 0 Å². The van der Waals surface area contributed by atoms with Gasteiger partial charge in [0.25, 0.3) is 0 Å². The number of rotatable bonds is 9. The van der Waals surface area contributed by atoms with Gasteiger partial charge in [0, 0.05) is 38.4 Å². The minimum absolute atomic E-state index is 0.326. The Kier molecular flexibility index (Phi) is 8.26. The molecule has 0 aliphatic carbocycles. The molecule has 1 saturated heterocycles. The predicted molar refractivity (Wildman–Crippen MR) is 126 cm³/mol. The van der Waals surface area contributed by atoms with Crippen LogP contribution in [0, 0.1) is 11.3 Å². The lowest BCUT2D eigenvalue weighted by molar-refractivity contribution is 0.135. The molecule has 30 heavy (non-hydrogen) atoms. The van der Waals surface area contributed by atoms with Crippen LogP contribution >= 0.6 is 0 Å². The lowest BCUT2D eigenvalue weighted by Gasteiger charge is -2.41. The Hall–Kier alpha value is -2.40. The van der Waals surface area contributed by atoms with Crippen molar-refractivity contribution >= 4 is 11.7 Å². The van der Waals surface area contributed by atoms with Crippen molar-refractivity contribution < 1.29 is 0 Å². The van der Waals surface area contributed by atoms with Crippen LogP contribution in [0.3, 0.4) is 0 Å². The molecule has 1 aliphatic rings. The summed E-state index contributed by atoms with van der Waals surface area (Å²) >= 11 is 0. The lowest BCUT2D eigenvalue weighted by Crippen LogP contribution is -2.54. The first-order valence-electron chi connectivity index (χ1n) is 11.4. The van der Waals surface area contributed by atoms with Crippen LogP contribution in [0.5, 0.6) is 0 Å². The normalized spacial score (nSPS) is 17.3. The van der Waals surface area contributed by atoms with E-state index >= 15 is 0 Å². The summed E-state index contributed by atoms with van der Waals surface area (Å²) in [6.45, 7) is 11.6. The fourth-order valence-electron chi connectivity index (χ4n) is 4.09. The monoisotopic (exact) mass is 407 g/mol. The number of nitrogens with zero attached hydrogens (tertiary/aromatic N) is 3. The molecule has 1 aromatic heterocycles. The van der Waals surface area contributed by atoms with Crippen molar-refractivity contribution in [3.63, 3.8) is 0 Å². The van der Waals surface area contributed by atoms with Crippen LogP contribution in [-0.2, 0) is 6.42 Å². The summed E-state index contributed by atoms with van der Waals surface area (Å²) in [5.41, 5.74) is 2.32. The second kappa shape index (κ2) is 11.1. The van der Waals surface area contributed by atoms with Crippen molar-refractivity contribution in [3.8, 4) is 0 Å². The van der Waals surface area contributed by atoms with Gasteiger partial charge in [-0.2, -0.15) is 0 Å². The van der Waals surface area contributed by atoms with Crippen molar-refractivity contribution in [2.75, 3.05) is 38.0 Å². The Labute approximate surface area is 182 Å². The fraction of sp³-hybridized carbons (Fsp3) is 0.520. The number of aryl methyl sites for hydroxylation is 1. The number of pyridine rings is 1. The maximum absolute atomic E-state index is 8.86. The van der Waals surface area contributed by atoms with Gasteiger partial charge in [-0.1, -0.05) is 44.2 Å². The molecule has 1 aromatic carbocycles. The first-order chi connectivity index (χ1) is 14.5. The molecule has 1 fully saturated rings. The van der Waals surface area contributed by atoms with Crippen LogP contribution in [0.1, 0.15) is 44.7 Å². The van der Waals surface area contributed by atoms with Crippen LogP contribution < -0.4 is 5.32 Å². The Balaban J connectivity index is 1.52. The zero-order chi connectivity index (χ0) is 21.3. The van der Waals surface area contributed by atoms with Gasteiger partial charge in [-0.3, -0.25) is 10.3 Å². The fourth-order valence-corrected chi connectivity index (χ4v) is 4.09. The van der Waals surface area contributed by atoms with Crippen LogP contribution in [-0.4, -0.2) is 59.4 Å². The maximum Gasteiger partial charge on any atom is 0.136 e. The van der Waals surface area contributed by atoms with Gasteiger partial charge < -0.3 is 10.2 Å². The van der Waals surface area contributed by atoms with Crippen molar-refractivity contribution in [3.05, 3.63) is 59.8 Å². The molecule has 5 heteroatoms. The van der Waals surface area contributed by atoms with E-state index in [2.05, 4.69) is 71.2 Å². The summed E-state index contributed by atoms with van der Waals surface area (Å²) in [5, 5.41) is 12.3. The molecule has 0 amide bonds. The first kappa shape index (κ1) is 22.3. The molecule has 2 heterocycles. The van der Waals surface area contributed by atoms with Crippen molar-refractivity contribution in [1.29, 1.82) is 5.41 Å². The van der Waals surface area contributed by atoms with Gasteiger partial charge in [-0.25, -0.2) is 4.98 Å². The van der Waals surface area contributed by atoms with E-state index in [-0.39, 0.29) is 0 Å². The van der Waals surface area contributed by atoms with Crippen molar-refractivity contribution in [2.45, 2.75) is 46.1 Å². The molecule has 3 rings (SSSR count). The van der Waals surface area contributed by atoms with E-state index in [4.69, 9.17) is 5.41 Å². The van der Waals surface area contributed by atoms with Crippen LogP contribution in [0.4, 0.5) is 5.82 Å². The average Bonchev–Trinajstić information content (AvgIpc) is 2.74. The van der Waals surface area contributed by atoms with Gasteiger partial charge in [0.05, 0.1) is 5.56 Å². The molecule has 2 N–H and O–H groups in total. The second-order valence-electron chi connectivity index (χ2n) is 8.79. The number of amidine groups is 1. The molecule has 2 aromatic rings. The zero-order valence-electron chi connectivity index (χ0n) is 18.8. The van der Waals surface area contributed by atoms with E-state index in [0.29, 0.717) is 17.8 Å². The van der Waals surface area contributed by atoms with E-state index < -0.39 is 0 Å². The molecular weight excluding hydrogens is 370 g/mol. The number of aromatic nitrogens is 1. The summed E-state index contributed by atoms with van der Waals surface area (Å²) in [4.78, 5) is 9.29. The third-order valence-electron chi connectivity index (χ3n) is 5.86. The summed E-state index contributed by atoms with van der Waals surface area (Å²) in [6.07, 6.45) is 5.22. The van der Waals surface area contributed by atoms with Crippen LogP contribution in [0.2, 0.25) is 0 Å². The molecule has 1 atom stereocenters. The van der Waals surface area contributed by atoms with Gasteiger partial charge in [0.2, 0.25) is 0 Å². The molecule has 0 bridgehead atoms. The molecule has 5 nitrogen and oxygen atoms in total. The highest BCUT2D eigenvalue weighted by Gasteiger charge is 2.27. The zero-order valence-corrected chi connectivity index (χ0v) is 18.8. The summed E-state index contributed by atoms with van der Waals surface area (Å²) in [6, 6.07) is 15.0. The van der Waals surface area contributed by atoms with E-state index in [1.165, 1.54) is 12.0 Å². The number of hydrogen-bond donors (Lipinski definition) is 2. The standard InChI is InChI=1S/C25H37N5/c1-20(2)13-15-28-25-23(12-7-14-27-25)24(26)30-18-17-29(19-21(30)3)16-8-11-22-9-5-4-6-10-22/h4-7,9-10,12,14,20-21,26H,8,11,13,15-19H2,1-3H3,(H,27,28)/t21-/m1/s1. The molecule has 162 valence electrons. The molecule has 0 unspecified atom stereocenters. The summed E-state index contributed by atoms with van der Waals surface area (Å²) in [7, 11) is 0. The maximum atomic E-state index is 8.86. The Bertz CT molecular complexity index is 789. The van der Waals surface area contributed by atoms with E-state index in [1.807, 2.05) is 18.3 Å². The number of nitrogens with one attached hydrogen (secondary N) is 2. The van der Waals surface area contributed by atoms with E-state index in [0.717, 1.165) is 56.9 Å². The van der Waals surface area contributed by atoms with E-state index in [1.54, 1.807) is 0 Å². The Morgan fingerprint density at radius 3 is 2.70 bits per heavy atom. The van der Waals surface area contributed by atoms with Crippen LogP contribution in [0.25, 0.3) is 0 Å². The number of benzene rings is 1. The smallest absolute Gasteiger partial charge is 0.136 e. The summed E-state index contributed by atoms with van der Waals surface area (Å²) < 4.78 is 0. The topological polar surface area (TPSA) is 55.3 Å². The third-order valence-corrected chi connectivity index (χ3v) is 5.86. The number of hydrogen-bond acceptors (Lipinski definition) is 4. The van der Waals surface area contributed by atoms with Gasteiger partial charge >= 0.3 is 0 Å². The van der Waals surface area contributed by atoms with Gasteiger partial charge in [0.1, 0.15) is 11.7 Å². The number of anilines is 1. The highest BCUT2D eigenvalue weighted by molar-refractivity contribution is 6.00. The van der Waals surface area contributed by atoms with Crippen molar-refractivity contribution in [2.24, 2.45) is 5.92 Å². The van der Waals surface area contributed by atoms with Gasteiger partial charge in [-0.05, 0) is 56.3 Å². The number of piperazine rings is 1. The highest BCUT2D eigenvalue weighted by atomic mass is 15.3. The first-order valence-corrected chi connectivity index (χ1v) is 11.4. The van der Waals surface area contributed by atoms with Gasteiger partial charge in [0.15, 0.2) is 0 Å². The molecule has 0 saturated carbocycles. The molecular formula is C25H37N5. The van der Waals surface area contributed by atoms with E-state index in [9.17, 15) is 0 Å². The molecule has 0 spiro atoms. The largest absolute Gasteiger partial charge is 0.369 e. The minimum Gasteiger partial charge on any atom is -0.369 e. The third kappa shape index (κ3) is 6.30. The summed E-state index contributed by atoms with van der Waals surface area (Å²) in [5.74, 6) is 2.08. The Morgan fingerprint density at radius 2 is 1.97 bits per heavy atom. The van der Waals surface area contributed by atoms with Crippen molar-refractivity contribution in [1.82, 2.24) is 14.8 Å². The van der Waals surface area contributed by atoms with Crippen LogP contribution in [0.15, 0.2) is 48.7 Å². The molecule has 1 aliphatic heterocycles. The predicted octanol–water partition coefficient (Wildman–Crippen LogP) is 4.50. The molecule has 0 radical (unpaired) electrons.